The van der Waals surface area contributed by atoms with Crippen LogP contribution in [0.15, 0.2) is 37.4 Å². The zero-order valence-corrected chi connectivity index (χ0v) is 17.3. The van der Waals surface area contributed by atoms with E-state index >= 15 is 0 Å². The van der Waals surface area contributed by atoms with Gasteiger partial charge in [-0.2, -0.15) is 5.26 Å². The van der Waals surface area contributed by atoms with Crippen LogP contribution in [0.5, 0.6) is 0 Å². The number of fused-ring (bicyclic) bond motifs is 1. The highest BCUT2D eigenvalue weighted by Gasteiger charge is 2.18. The van der Waals surface area contributed by atoms with E-state index in [1.165, 1.54) is 5.56 Å². The van der Waals surface area contributed by atoms with E-state index in [9.17, 15) is 5.26 Å². The first-order chi connectivity index (χ1) is 12.9. The largest absolute Gasteiger partial charge is 0.332 e. The Hall–Kier alpha value is -2.31. The molecular formula is C24H33N3. The zero-order valence-electron chi connectivity index (χ0n) is 17.3. The molecule has 1 heterocycles. The first kappa shape index (κ1) is 21.0. The SMILES string of the molecule is C=CCCC(CN(C)CC(C)C)Cn1c(C#N)cc2c(C)c(C=C)ccc21. The van der Waals surface area contributed by atoms with Gasteiger partial charge in [0.05, 0.1) is 0 Å². The monoisotopic (exact) mass is 363 g/mol. The quantitative estimate of drug-likeness (QED) is 0.512. The highest BCUT2D eigenvalue weighted by molar-refractivity contribution is 5.88. The van der Waals surface area contributed by atoms with Crippen molar-refractivity contribution in [3.8, 4) is 6.07 Å². The number of nitrogens with zero attached hydrogens (tertiary/aromatic N) is 3. The molecule has 1 unspecified atom stereocenters. The minimum absolute atomic E-state index is 0.480. The van der Waals surface area contributed by atoms with Gasteiger partial charge in [-0.15, -0.1) is 6.58 Å². The van der Waals surface area contributed by atoms with E-state index in [4.69, 9.17) is 0 Å². The molecule has 27 heavy (non-hydrogen) atoms. The second-order valence-electron chi connectivity index (χ2n) is 8.02. The second-order valence-corrected chi connectivity index (χ2v) is 8.02. The molecule has 2 rings (SSSR count). The van der Waals surface area contributed by atoms with Gasteiger partial charge in [-0.25, -0.2) is 0 Å². The smallest absolute Gasteiger partial charge is 0.121 e. The van der Waals surface area contributed by atoms with Crippen LogP contribution >= 0.6 is 0 Å². The summed E-state index contributed by atoms with van der Waals surface area (Å²) in [6, 6.07) is 8.66. The molecule has 0 aliphatic heterocycles. The molecule has 2 aromatic rings. The van der Waals surface area contributed by atoms with E-state index in [1.54, 1.807) is 0 Å². The maximum atomic E-state index is 9.71. The number of allylic oxidation sites excluding steroid dienone is 1. The van der Waals surface area contributed by atoms with Crippen molar-refractivity contribution in [2.75, 3.05) is 20.1 Å². The molecule has 144 valence electrons. The van der Waals surface area contributed by atoms with Gasteiger partial charge in [-0.3, -0.25) is 0 Å². The van der Waals surface area contributed by atoms with Gasteiger partial charge < -0.3 is 9.47 Å². The highest BCUT2D eigenvalue weighted by Crippen LogP contribution is 2.28. The topological polar surface area (TPSA) is 32.0 Å². The van der Waals surface area contributed by atoms with Crippen molar-refractivity contribution in [3.63, 3.8) is 0 Å². The second kappa shape index (κ2) is 9.58. The van der Waals surface area contributed by atoms with Crippen LogP contribution in [0.2, 0.25) is 0 Å². The fraction of sp³-hybridized carbons (Fsp3) is 0.458. The van der Waals surface area contributed by atoms with Crippen molar-refractivity contribution in [1.29, 1.82) is 5.26 Å². The molecule has 0 amide bonds. The molecule has 0 N–H and O–H groups in total. The van der Waals surface area contributed by atoms with Crippen molar-refractivity contribution in [2.45, 2.75) is 40.2 Å². The van der Waals surface area contributed by atoms with Gasteiger partial charge in [-0.1, -0.05) is 38.6 Å². The summed E-state index contributed by atoms with van der Waals surface area (Å²) in [5.41, 5.74) is 4.20. The molecule has 0 fully saturated rings. The minimum atomic E-state index is 0.480. The first-order valence-corrected chi connectivity index (χ1v) is 9.86. The molecule has 1 atom stereocenters. The summed E-state index contributed by atoms with van der Waals surface area (Å²) in [5.74, 6) is 1.13. The fourth-order valence-electron chi connectivity index (χ4n) is 3.99. The summed E-state index contributed by atoms with van der Waals surface area (Å²) in [4.78, 5) is 2.41. The maximum Gasteiger partial charge on any atom is 0.121 e. The van der Waals surface area contributed by atoms with E-state index in [-0.39, 0.29) is 0 Å². The van der Waals surface area contributed by atoms with Crippen molar-refractivity contribution in [3.05, 3.63) is 54.3 Å². The third-order valence-corrected chi connectivity index (χ3v) is 5.20. The predicted octanol–water partition coefficient (Wildman–Crippen LogP) is 5.63. The standard InChI is InChI=1S/C24H33N3/c1-7-9-10-20(16-26(6)15-18(3)4)17-27-22(14-25)13-23-19(5)21(8-2)11-12-24(23)27/h7-8,11-13,18,20H,1-2,9-10,15-17H2,3-6H3. The molecule has 1 aromatic carbocycles. The molecule has 0 spiro atoms. The van der Waals surface area contributed by atoms with E-state index < -0.39 is 0 Å². The Balaban J connectivity index is 2.36. The van der Waals surface area contributed by atoms with Gasteiger partial charge in [0, 0.05) is 30.5 Å². The molecule has 1 aromatic heterocycles. The number of benzene rings is 1. The summed E-state index contributed by atoms with van der Waals surface area (Å²) in [6.45, 7) is 17.4. The number of aryl methyl sites for hydroxylation is 1. The van der Waals surface area contributed by atoms with Crippen LogP contribution in [-0.2, 0) is 6.54 Å². The molecule has 0 saturated carbocycles. The van der Waals surface area contributed by atoms with Crippen molar-refractivity contribution < 1.29 is 0 Å². The molecule has 3 heteroatoms. The van der Waals surface area contributed by atoms with Gasteiger partial charge in [0.15, 0.2) is 0 Å². The van der Waals surface area contributed by atoms with Crippen LogP contribution in [0.4, 0.5) is 0 Å². The molecule has 0 saturated heterocycles. The number of nitriles is 1. The predicted molar refractivity (Wildman–Crippen MR) is 117 cm³/mol. The van der Waals surface area contributed by atoms with Crippen molar-refractivity contribution >= 4 is 17.0 Å². The average Bonchev–Trinajstić information content (AvgIpc) is 2.97. The van der Waals surface area contributed by atoms with E-state index in [1.807, 2.05) is 18.2 Å². The van der Waals surface area contributed by atoms with Crippen LogP contribution in [0, 0.1) is 30.1 Å². The Morgan fingerprint density at radius 1 is 1.26 bits per heavy atom. The van der Waals surface area contributed by atoms with Crippen LogP contribution in [-0.4, -0.2) is 29.6 Å². The number of rotatable bonds is 10. The van der Waals surface area contributed by atoms with Gasteiger partial charge >= 0.3 is 0 Å². The zero-order chi connectivity index (χ0) is 20.0. The molecule has 0 radical (unpaired) electrons. The Morgan fingerprint density at radius 2 is 2.00 bits per heavy atom. The lowest BCUT2D eigenvalue weighted by Crippen LogP contribution is -2.31. The van der Waals surface area contributed by atoms with Gasteiger partial charge in [0.1, 0.15) is 11.8 Å². The normalized spacial score (nSPS) is 12.5. The lowest BCUT2D eigenvalue weighted by atomic mass is 10.0. The highest BCUT2D eigenvalue weighted by atomic mass is 15.1. The number of aromatic nitrogens is 1. The number of hydrogen-bond donors (Lipinski definition) is 0. The molecule has 0 aliphatic carbocycles. The van der Waals surface area contributed by atoms with Gasteiger partial charge in [0.25, 0.3) is 0 Å². The minimum Gasteiger partial charge on any atom is -0.332 e. The Morgan fingerprint density at radius 3 is 2.59 bits per heavy atom. The van der Waals surface area contributed by atoms with Crippen LogP contribution in [0.25, 0.3) is 17.0 Å². The van der Waals surface area contributed by atoms with E-state index in [0.717, 1.165) is 54.6 Å². The maximum absolute atomic E-state index is 9.71. The summed E-state index contributed by atoms with van der Waals surface area (Å²) in [5, 5.41) is 10.9. The number of hydrogen-bond acceptors (Lipinski definition) is 2. The fourth-order valence-corrected chi connectivity index (χ4v) is 3.99. The molecule has 3 nitrogen and oxygen atoms in total. The lowest BCUT2D eigenvalue weighted by Gasteiger charge is -2.26. The molecule has 0 aliphatic rings. The first-order valence-electron chi connectivity index (χ1n) is 9.86. The Labute approximate surface area is 164 Å². The van der Waals surface area contributed by atoms with E-state index in [0.29, 0.717) is 11.8 Å². The van der Waals surface area contributed by atoms with Crippen LogP contribution in [0.1, 0.15) is 43.5 Å². The van der Waals surface area contributed by atoms with Gasteiger partial charge in [0.2, 0.25) is 0 Å². The lowest BCUT2D eigenvalue weighted by molar-refractivity contribution is 0.230. The van der Waals surface area contributed by atoms with Gasteiger partial charge in [-0.05, 0) is 61.9 Å². The Kier molecular flexibility index (Phi) is 7.45. The van der Waals surface area contributed by atoms with Crippen LogP contribution in [0.3, 0.4) is 0 Å². The van der Waals surface area contributed by atoms with Crippen molar-refractivity contribution in [2.24, 2.45) is 11.8 Å². The summed E-state index contributed by atoms with van der Waals surface area (Å²) < 4.78 is 2.20. The third-order valence-electron chi connectivity index (χ3n) is 5.20. The van der Waals surface area contributed by atoms with E-state index in [2.05, 4.69) is 68.6 Å². The average molecular weight is 364 g/mol. The molecular weight excluding hydrogens is 330 g/mol. The van der Waals surface area contributed by atoms with Crippen molar-refractivity contribution in [1.82, 2.24) is 9.47 Å². The summed E-state index contributed by atoms with van der Waals surface area (Å²) in [7, 11) is 2.19. The summed E-state index contributed by atoms with van der Waals surface area (Å²) >= 11 is 0. The van der Waals surface area contributed by atoms with Crippen LogP contribution < -0.4 is 0 Å². The Bertz CT molecular complexity index is 835. The summed E-state index contributed by atoms with van der Waals surface area (Å²) in [6.07, 6.45) is 5.96. The third kappa shape index (κ3) is 5.11. The molecule has 0 bridgehead atoms.